The van der Waals surface area contributed by atoms with E-state index in [1.807, 2.05) is 19.1 Å². The van der Waals surface area contributed by atoms with Crippen LogP contribution in [-0.4, -0.2) is 18.9 Å². The standard InChI is InChI=1S/C13H19N3/c1-2-13(14)15-11-5-7-12(8-6-11)16-9-3-4-10-16/h5-8H,2-4,9-10H2,1H3,(H2,14,15). The van der Waals surface area contributed by atoms with Gasteiger partial charge in [-0.15, -0.1) is 0 Å². The first-order valence-electron chi connectivity index (χ1n) is 5.97. The second-order valence-electron chi connectivity index (χ2n) is 4.17. The van der Waals surface area contributed by atoms with Gasteiger partial charge in [0.1, 0.15) is 0 Å². The monoisotopic (exact) mass is 217 g/mol. The molecule has 0 aromatic heterocycles. The van der Waals surface area contributed by atoms with Gasteiger partial charge >= 0.3 is 0 Å². The third-order valence-corrected chi connectivity index (χ3v) is 2.96. The molecule has 0 aliphatic carbocycles. The van der Waals surface area contributed by atoms with Crippen molar-refractivity contribution in [2.24, 2.45) is 10.7 Å². The van der Waals surface area contributed by atoms with E-state index in [0.29, 0.717) is 5.84 Å². The SMILES string of the molecule is CCC(N)=Nc1ccc(N2CCCC2)cc1. The normalized spacial score (nSPS) is 16.8. The molecule has 3 nitrogen and oxygen atoms in total. The fourth-order valence-corrected chi connectivity index (χ4v) is 1.96. The minimum Gasteiger partial charge on any atom is -0.387 e. The molecule has 2 rings (SSSR count). The van der Waals surface area contributed by atoms with Crippen molar-refractivity contribution < 1.29 is 0 Å². The Labute approximate surface area is 97.0 Å². The molecule has 3 heteroatoms. The highest BCUT2D eigenvalue weighted by atomic mass is 15.1. The first-order chi connectivity index (χ1) is 7.79. The Morgan fingerprint density at radius 3 is 2.44 bits per heavy atom. The van der Waals surface area contributed by atoms with Crippen molar-refractivity contribution in [3.8, 4) is 0 Å². The van der Waals surface area contributed by atoms with Gasteiger partial charge in [0.25, 0.3) is 0 Å². The second kappa shape index (κ2) is 5.01. The fourth-order valence-electron chi connectivity index (χ4n) is 1.96. The first-order valence-corrected chi connectivity index (χ1v) is 5.97. The van der Waals surface area contributed by atoms with Gasteiger partial charge in [-0.05, 0) is 37.1 Å². The van der Waals surface area contributed by atoms with E-state index in [1.54, 1.807) is 0 Å². The summed E-state index contributed by atoms with van der Waals surface area (Å²) in [5.74, 6) is 0.689. The highest BCUT2D eigenvalue weighted by Crippen LogP contribution is 2.23. The Balaban J connectivity index is 2.09. The molecule has 1 heterocycles. The lowest BCUT2D eigenvalue weighted by Gasteiger charge is -2.17. The van der Waals surface area contributed by atoms with Gasteiger partial charge in [0.05, 0.1) is 11.5 Å². The van der Waals surface area contributed by atoms with Crippen molar-refractivity contribution >= 4 is 17.2 Å². The van der Waals surface area contributed by atoms with Crippen LogP contribution in [0.1, 0.15) is 26.2 Å². The second-order valence-corrected chi connectivity index (χ2v) is 4.17. The molecule has 0 unspecified atom stereocenters. The molecule has 1 aliphatic heterocycles. The lowest BCUT2D eigenvalue weighted by molar-refractivity contribution is 0.949. The average molecular weight is 217 g/mol. The Kier molecular flexibility index (Phi) is 3.44. The smallest absolute Gasteiger partial charge is 0.0993 e. The Bertz CT molecular complexity index is 361. The molecular weight excluding hydrogens is 198 g/mol. The Morgan fingerprint density at radius 2 is 1.88 bits per heavy atom. The average Bonchev–Trinajstić information content (AvgIpc) is 2.83. The number of rotatable bonds is 3. The molecule has 0 bridgehead atoms. The van der Waals surface area contributed by atoms with Crippen LogP contribution in [0.15, 0.2) is 29.3 Å². The van der Waals surface area contributed by atoms with E-state index in [0.717, 1.165) is 12.1 Å². The zero-order chi connectivity index (χ0) is 11.4. The van der Waals surface area contributed by atoms with Crippen LogP contribution in [0.25, 0.3) is 0 Å². The quantitative estimate of drug-likeness (QED) is 0.624. The van der Waals surface area contributed by atoms with E-state index in [4.69, 9.17) is 5.73 Å². The van der Waals surface area contributed by atoms with Crippen LogP contribution in [-0.2, 0) is 0 Å². The summed E-state index contributed by atoms with van der Waals surface area (Å²) < 4.78 is 0. The predicted octanol–water partition coefficient (Wildman–Crippen LogP) is 2.69. The number of nitrogens with zero attached hydrogens (tertiary/aromatic N) is 2. The summed E-state index contributed by atoms with van der Waals surface area (Å²) in [6.45, 7) is 4.37. The third-order valence-electron chi connectivity index (χ3n) is 2.96. The van der Waals surface area contributed by atoms with Crippen molar-refractivity contribution in [1.82, 2.24) is 0 Å². The Hall–Kier alpha value is -1.51. The molecule has 0 saturated carbocycles. The van der Waals surface area contributed by atoms with E-state index in [1.165, 1.54) is 31.6 Å². The van der Waals surface area contributed by atoms with E-state index in [9.17, 15) is 0 Å². The molecular formula is C13H19N3. The first kappa shape index (κ1) is 11.0. The van der Waals surface area contributed by atoms with Gasteiger partial charge in [-0.1, -0.05) is 6.92 Å². The molecule has 0 radical (unpaired) electrons. The van der Waals surface area contributed by atoms with E-state index in [2.05, 4.69) is 22.0 Å². The molecule has 86 valence electrons. The zero-order valence-electron chi connectivity index (χ0n) is 9.82. The number of amidine groups is 1. The third kappa shape index (κ3) is 2.54. The summed E-state index contributed by atoms with van der Waals surface area (Å²) in [6, 6.07) is 8.34. The minimum atomic E-state index is 0.689. The van der Waals surface area contributed by atoms with Crippen molar-refractivity contribution in [3.05, 3.63) is 24.3 Å². The lowest BCUT2D eigenvalue weighted by atomic mass is 10.2. The van der Waals surface area contributed by atoms with Gasteiger partial charge < -0.3 is 10.6 Å². The number of anilines is 1. The van der Waals surface area contributed by atoms with Gasteiger partial charge in [-0.25, -0.2) is 4.99 Å². The number of hydrogen-bond acceptors (Lipinski definition) is 2. The molecule has 2 N–H and O–H groups in total. The molecule has 1 aromatic rings. The molecule has 1 aromatic carbocycles. The number of benzene rings is 1. The maximum atomic E-state index is 5.70. The Morgan fingerprint density at radius 1 is 1.25 bits per heavy atom. The van der Waals surface area contributed by atoms with E-state index < -0.39 is 0 Å². The minimum absolute atomic E-state index is 0.689. The van der Waals surface area contributed by atoms with Crippen LogP contribution in [0.5, 0.6) is 0 Å². The topological polar surface area (TPSA) is 41.6 Å². The molecule has 1 fully saturated rings. The van der Waals surface area contributed by atoms with Gasteiger partial charge in [0.15, 0.2) is 0 Å². The van der Waals surface area contributed by atoms with E-state index >= 15 is 0 Å². The highest BCUT2D eigenvalue weighted by molar-refractivity contribution is 5.82. The highest BCUT2D eigenvalue weighted by Gasteiger charge is 2.11. The van der Waals surface area contributed by atoms with Crippen LogP contribution < -0.4 is 10.6 Å². The number of nitrogens with two attached hydrogens (primary N) is 1. The summed E-state index contributed by atoms with van der Waals surface area (Å²) in [5, 5.41) is 0. The van der Waals surface area contributed by atoms with E-state index in [-0.39, 0.29) is 0 Å². The van der Waals surface area contributed by atoms with Crippen LogP contribution in [0.3, 0.4) is 0 Å². The van der Waals surface area contributed by atoms with Crippen molar-refractivity contribution in [3.63, 3.8) is 0 Å². The summed E-state index contributed by atoms with van der Waals surface area (Å²) in [6.07, 6.45) is 3.42. The van der Waals surface area contributed by atoms with Crippen LogP contribution >= 0.6 is 0 Å². The van der Waals surface area contributed by atoms with Crippen LogP contribution in [0.4, 0.5) is 11.4 Å². The fraction of sp³-hybridized carbons (Fsp3) is 0.462. The number of aliphatic imine (C=N–C) groups is 1. The molecule has 0 atom stereocenters. The summed E-state index contributed by atoms with van der Waals surface area (Å²) in [7, 11) is 0. The van der Waals surface area contributed by atoms with Gasteiger partial charge in [-0.3, -0.25) is 0 Å². The predicted molar refractivity (Wildman–Crippen MR) is 69.5 cm³/mol. The zero-order valence-corrected chi connectivity index (χ0v) is 9.82. The van der Waals surface area contributed by atoms with Gasteiger partial charge in [-0.2, -0.15) is 0 Å². The van der Waals surface area contributed by atoms with Gasteiger partial charge in [0.2, 0.25) is 0 Å². The molecule has 16 heavy (non-hydrogen) atoms. The molecule has 0 amide bonds. The van der Waals surface area contributed by atoms with Crippen molar-refractivity contribution in [2.45, 2.75) is 26.2 Å². The lowest BCUT2D eigenvalue weighted by Crippen LogP contribution is -2.17. The van der Waals surface area contributed by atoms with Crippen LogP contribution in [0, 0.1) is 0 Å². The molecule has 1 saturated heterocycles. The maximum absolute atomic E-state index is 5.70. The van der Waals surface area contributed by atoms with Crippen molar-refractivity contribution in [2.75, 3.05) is 18.0 Å². The largest absolute Gasteiger partial charge is 0.387 e. The summed E-state index contributed by atoms with van der Waals surface area (Å²) in [5.41, 5.74) is 7.95. The number of hydrogen-bond donors (Lipinski definition) is 1. The maximum Gasteiger partial charge on any atom is 0.0993 e. The molecule has 1 aliphatic rings. The molecule has 0 spiro atoms. The van der Waals surface area contributed by atoms with Gasteiger partial charge in [0, 0.05) is 25.2 Å². The van der Waals surface area contributed by atoms with Crippen molar-refractivity contribution in [1.29, 1.82) is 0 Å². The van der Waals surface area contributed by atoms with Crippen LogP contribution in [0.2, 0.25) is 0 Å². The summed E-state index contributed by atoms with van der Waals surface area (Å²) >= 11 is 0. The summed E-state index contributed by atoms with van der Waals surface area (Å²) in [4.78, 5) is 6.73.